The lowest BCUT2D eigenvalue weighted by atomic mass is 9.78. The van der Waals surface area contributed by atoms with Crippen molar-refractivity contribution in [3.63, 3.8) is 0 Å². The Balaban J connectivity index is 1.40. The SMILES string of the molecule is CCCCCCOc1ccc(-c2ccc(CC[C@H]3CC[C@H](CCCC)CC3)cc2)nc1. The Labute approximate surface area is 190 Å². The Morgan fingerprint density at radius 1 is 0.774 bits per heavy atom. The quantitative estimate of drug-likeness (QED) is 0.302. The van der Waals surface area contributed by atoms with Crippen LogP contribution in [0.1, 0.15) is 96.5 Å². The molecule has 31 heavy (non-hydrogen) atoms. The predicted molar refractivity (Wildman–Crippen MR) is 133 cm³/mol. The maximum Gasteiger partial charge on any atom is 0.137 e. The fraction of sp³-hybridized carbons (Fsp3) is 0.621. The standard InChI is InChI=1S/C29H43NO/c1-3-5-7-8-22-31-28-20-21-29(30-23-28)27-18-16-26(17-19-27)15-14-25-12-10-24(11-13-25)9-6-4-2/h16-21,23-25H,3-15,22H2,1-2H3/t24-,25-. The summed E-state index contributed by atoms with van der Waals surface area (Å²) in [6, 6.07) is 13.2. The molecule has 1 aliphatic carbocycles. The van der Waals surface area contributed by atoms with Gasteiger partial charge in [-0.2, -0.15) is 0 Å². The Bertz CT molecular complexity index is 713. The lowest BCUT2D eigenvalue weighted by Gasteiger charge is -2.28. The number of pyridine rings is 1. The van der Waals surface area contributed by atoms with Gasteiger partial charge in [0.15, 0.2) is 0 Å². The molecule has 1 aliphatic rings. The molecule has 0 saturated heterocycles. The molecule has 1 fully saturated rings. The van der Waals surface area contributed by atoms with Gasteiger partial charge in [-0.05, 0) is 48.8 Å². The van der Waals surface area contributed by atoms with Gasteiger partial charge in [0.1, 0.15) is 5.75 Å². The van der Waals surface area contributed by atoms with E-state index in [0.29, 0.717) is 0 Å². The number of benzene rings is 1. The van der Waals surface area contributed by atoms with Crippen LogP contribution in [-0.2, 0) is 6.42 Å². The molecule has 2 aromatic rings. The van der Waals surface area contributed by atoms with Crippen molar-refractivity contribution in [1.82, 2.24) is 4.98 Å². The summed E-state index contributed by atoms with van der Waals surface area (Å²) in [4.78, 5) is 4.62. The number of aromatic nitrogens is 1. The van der Waals surface area contributed by atoms with Crippen LogP contribution in [0.5, 0.6) is 5.75 Å². The van der Waals surface area contributed by atoms with E-state index in [9.17, 15) is 0 Å². The lowest BCUT2D eigenvalue weighted by molar-refractivity contribution is 0.250. The molecule has 0 aliphatic heterocycles. The van der Waals surface area contributed by atoms with Crippen molar-refractivity contribution in [2.45, 2.75) is 97.3 Å². The van der Waals surface area contributed by atoms with E-state index >= 15 is 0 Å². The van der Waals surface area contributed by atoms with E-state index in [1.807, 2.05) is 12.3 Å². The van der Waals surface area contributed by atoms with Gasteiger partial charge in [0.25, 0.3) is 0 Å². The molecule has 0 bridgehead atoms. The second-order valence-corrected chi connectivity index (χ2v) is 9.55. The zero-order valence-electron chi connectivity index (χ0n) is 20.0. The highest BCUT2D eigenvalue weighted by Crippen LogP contribution is 2.34. The van der Waals surface area contributed by atoms with Gasteiger partial charge < -0.3 is 4.74 Å². The average molecular weight is 422 g/mol. The number of hydrogen-bond acceptors (Lipinski definition) is 2. The minimum absolute atomic E-state index is 0.788. The molecule has 0 N–H and O–H groups in total. The fourth-order valence-corrected chi connectivity index (χ4v) is 4.87. The van der Waals surface area contributed by atoms with Crippen LogP contribution in [-0.4, -0.2) is 11.6 Å². The van der Waals surface area contributed by atoms with Gasteiger partial charge in [-0.25, -0.2) is 0 Å². The Hall–Kier alpha value is -1.83. The van der Waals surface area contributed by atoms with E-state index in [2.05, 4.69) is 49.2 Å². The van der Waals surface area contributed by atoms with Crippen molar-refractivity contribution >= 4 is 0 Å². The molecular weight excluding hydrogens is 378 g/mol. The summed E-state index contributed by atoms with van der Waals surface area (Å²) in [5, 5.41) is 0. The second-order valence-electron chi connectivity index (χ2n) is 9.55. The predicted octanol–water partition coefficient (Wildman–Crippen LogP) is 8.64. The third kappa shape index (κ3) is 8.31. The number of rotatable bonds is 13. The van der Waals surface area contributed by atoms with Crippen LogP contribution < -0.4 is 4.74 Å². The summed E-state index contributed by atoms with van der Waals surface area (Å²) in [6.07, 6.45) is 19.4. The summed E-state index contributed by atoms with van der Waals surface area (Å²) in [7, 11) is 0. The first-order valence-electron chi connectivity index (χ1n) is 13.0. The van der Waals surface area contributed by atoms with Gasteiger partial charge in [0.2, 0.25) is 0 Å². The van der Waals surface area contributed by atoms with Gasteiger partial charge in [-0.3, -0.25) is 4.98 Å². The van der Waals surface area contributed by atoms with E-state index < -0.39 is 0 Å². The molecule has 0 amide bonds. The van der Waals surface area contributed by atoms with E-state index in [1.165, 1.54) is 88.2 Å². The maximum absolute atomic E-state index is 5.82. The normalized spacial score (nSPS) is 18.8. The summed E-state index contributed by atoms with van der Waals surface area (Å²) >= 11 is 0. The van der Waals surface area contributed by atoms with Crippen LogP contribution in [0.15, 0.2) is 42.6 Å². The maximum atomic E-state index is 5.82. The highest BCUT2D eigenvalue weighted by molar-refractivity contribution is 5.59. The van der Waals surface area contributed by atoms with E-state index in [1.54, 1.807) is 0 Å². The van der Waals surface area contributed by atoms with Crippen molar-refractivity contribution in [2.75, 3.05) is 6.61 Å². The monoisotopic (exact) mass is 421 g/mol. The third-order valence-corrected chi connectivity index (χ3v) is 7.03. The molecule has 1 aromatic carbocycles. The Morgan fingerprint density at radius 2 is 1.48 bits per heavy atom. The highest BCUT2D eigenvalue weighted by atomic mass is 16.5. The summed E-state index contributed by atoms with van der Waals surface area (Å²) < 4.78 is 5.82. The molecule has 170 valence electrons. The minimum atomic E-state index is 0.788. The minimum Gasteiger partial charge on any atom is -0.492 e. The summed E-state index contributed by atoms with van der Waals surface area (Å²) in [6.45, 7) is 5.33. The molecule has 2 nitrogen and oxygen atoms in total. The van der Waals surface area contributed by atoms with E-state index in [4.69, 9.17) is 4.74 Å². The first-order valence-corrected chi connectivity index (χ1v) is 13.0. The van der Waals surface area contributed by atoms with Crippen LogP contribution in [0, 0.1) is 11.8 Å². The van der Waals surface area contributed by atoms with Crippen LogP contribution >= 0.6 is 0 Å². The van der Waals surface area contributed by atoms with Crippen molar-refractivity contribution in [3.05, 3.63) is 48.2 Å². The van der Waals surface area contributed by atoms with Gasteiger partial charge in [0, 0.05) is 5.56 Å². The molecule has 2 heteroatoms. The molecule has 1 heterocycles. The van der Waals surface area contributed by atoms with Crippen LogP contribution in [0.25, 0.3) is 11.3 Å². The zero-order chi connectivity index (χ0) is 21.7. The van der Waals surface area contributed by atoms with Crippen molar-refractivity contribution in [1.29, 1.82) is 0 Å². The number of ether oxygens (including phenoxy) is 1. The molecule has 1 aromatic heterocycles. The average Bonchev–Trinajstić information content (AvgIpc) is 2.83. The van der Waals surface area contributed by atoms with E-state index in [0.717, 1.165) is 36.3 Å². The molecular formula is C29H43NO. The molecule has 0 radical (unpaired) electrons. The number of aryl methyl sites for hydroxylation is 1. The zero-order valence-corrected chi connectivity index (χ0v) is 20.0. The van der Waals surface area contributed by atoms with Crippen molar-refractivity contribution in [2.24, 2.45) is 11.8 Å². The smallest absolute Gasteiger partial charge is 0.137 e. The van der Waals surface area contributed by atoms with E-state index in [-0.39, 0.29) is 0 Å². The van der Waals surface area contributed by atoms with Crippen molar-refractivity contribution < 1.29 is 4.74 Å². The second kappa shape index (κ2) is 13.6. The fourth-order valence-electron chi connectivity index (χ4n) is 4.87. The van der Waals surface area contributed by atoms with Gasteiger partial charge >= 0.3 is 0 Å². The lowest BCUT2D eigenvalue weighted by Crippen LogP contribution is -2.15. The topological polar surface area (TPSA) is 22.1 Å². The molecule has 0 unspecified atom stereocenters. The summed E-state index contributed by atoms with van der Waals surface area (Å²) in [5.41, 5.74) is 3.67. The number of unbranched alkanes of at least 4 members (excludes halogenated alkanes) is 4. The Kier molecular flexibility index (Phi) is 10.4. The largest absolute Gasteiger partial charge is 0.492 e. The highest BCUT2D eigenvalue weighted by Gasteiger charge is 2.20. The number of nitrogens with zero attached hydrogens (tertiary/aromatic N) is 1. The van der Waals surface area contributed by atoms with Crippen LogP contribution in [0.4, 0.5) is 0 Å². The molecule has 0 atom stereocenters. The first kappa shape index (κ1) is 23.8. The number of hydrogen-bond donors (Lipinski definition) is 0. The van der Waals surface area contributed by atoms with Gasteiger partial charge in [-0.1, -0.05) is 102 Å². The molecule has 3 rings (SSSR count). The Morgan fingerprint density at radius 3 is 2.13 bits per heavy atom. The molecule has 1 saturated carbocycles. The van der Waals surface area contributed by atoms with Crippen LogP contribution in [0.3, 0.4) is 0 Å². The molecule has 0 spiro atoms. The van der Waals surface area contributed by atoms with Gasteiger partial charge in [-0.15, -0.1) is 0 Å². The van der Waals surface area contributed by atoms with Gasteiger partial charge in [0.05, 0.1) is 18.5 Å². The van der Waals surface area contributed by atoms with Crippen molar-refractivity contribution in [3.8, 4) is 17.0 Å². The first-order chi connectivity index (χ1) is 15.3. The summed E-state index contributed by atoms with van der Waals surface area (Å²) in [5.74, 6) is 2.83. The third-order valence-electron chi connectivity index (χ3n) is 7.03. The van der Waals surface area contributed by atoms with Crippen LogP contribution in [0.2, 0.25) is 0 Å².